The van der Waals surface area contributed by atoms with Gasteiger partial charge in [-0.2, -0.15) is 5.01 Å². The third kappa shape index (κ3) is 4.66. The first kappa shape index (κ1) is 16.7. The molecule has 0 unspecified atom stereocenters. The molecule has 0 radical (unpaired) electrons. The average Bonchev–Trinajstić information content (AvgIpc) is 2.50. The Morgan fingerprint density at radius 3 is 2.39 bits per heavy atom. The highest BCUT2D eigenvalue weighted by molar-refractivity contribution is 6.00. The summed E-state index contributed by atoms with van der Waals surface area (Å²) in [6.45, 7) is 5.11. The predicted molar refractivity (Wildman–Crippen MR) is 90.2 cm³/mol. The van der Waals surface area contributed by atoms with E-state index in [0.717, 1.165) is 16.3 Å². The van der Waals surface area contributed by atoms with Crippen molar-refractivity contribution >= 4 is 28.8 Å². The zero-order valence-corrected chi connectivity index (χ0v) is 13.4. The number of benzene rings is 2. The monoisotopic (exact) mass is 312 g/mol. The summed E-state index contributed by atoms with van der Waals surface area (Å²) in [7, 11) is 0. The van der Waals surface area contributed by atoms with Crippen molar-refractivity contribution < 1.29 is 14.3 Å². The van der Waals surface area contributed by atoms with E-state index in [1.807, 2.05) is 42.5 Å². The van der Waals surface area contributed by atoms with Crippen molar-refractivity contribution in [3.8, 4) is 0 Å². The average molecular weight is 312 g/mol. The number of carbonyl (C=O) groups excluding carboxylic acids is 2. The first-order chi connectivity index (χ1) is 10.8. The van der Waals surface area contributed by atoms with Crippen LogP contribution in [0.25, 0.3) is 16.8 Å². The number of hydrogen-bond acceptors (Lipinski definition) is 4. The van der Waals surface area contributed by atoms with Crippen LogP contribution in [0.2, 0.25) is 0 Å². The maximum atomic E-state index is 11.9. The van der Waals surface area contributed by atoms with Crippen molar-refractivity contribution in [2.75, 3.05) is 0 Å². The molecule has 2 N–H and O–H groups in total. The highest BCUT2D eigenvalue weighted by Crippen LogP contribution is 2.16. The van der Waals surface area contributed by atoms with Gasteiger partial charge in [0.1, 0.15) is 5.60 Å². The zero-order chi connectivity index (χ0) is 17.0. The van der Waals surface area contributed by atoms with E-state index in [-0.39, 0.29) is 0 Å². The van der Waals surface area contributed by atoms with Crippen LogP contribution in [0.1, 0.15) is 26.3 Å². The van der Waals surface area contributed by atoms with Crippen molar-refractivity contribution in [3.05, 3.63) is 54.1 Å². The second-order valence-corrected chi connectivity index (χ2v) is 6.13. The Kier molecular flexibility index (Phi) is 4.81. The SMILES string of the molecule is CC(C)(C)OC(=O)N(N)C(=O)C=Cc1ccc2ccccc2c1. The summed E-state index contributed by atoms with van der Waals surface area (Å²) < 4.78 is 5.04. The van der Waals surface area contributed by atoms with Crippen LogP contribution in [0.3, 0.4) is 0 Å². The van der Waals surface area contributed by atoms with Crippen LogP contribution in [0, 0.1) is 0 Å². The lowest BCUT2D eigenvalue weighted by Gasteiger charge is -2.22. The van der Waals surface area contributed by atoms with E-state index in [2.05, 4.69) is 0 Å². The lowest BCUT2D eigenvalue weighted by Crippen LogP contribution is -2.44. The number of hydrazine groups is 1. The van der Waals surface area contributed by atoms with Crippen LogP contribution in [-0.2, 0) is 9.53 Å². The normalized spacial score (nSPS) is 11.7. The molecule has 0 spiro atoms. The van der Waals surface area contributed by atoms with Crippen molar-refractivity contribution in [3.63, 3.8) is 0 Å². The number of nitrogens with zero attached hydrogens (tertiary/aromatic N) is 1. The molecule has 2 aromatic rings. The molecule has 0 heterocycles. The van der Waals surface area contributed by atoms with Crippen molar-refractivity contribution in [1.29, 1.82) is 0 Å². The Morgan fingerprint density at radius 1 is 1.09 bits per heavy atom. The van der Waals surface area contributed by atoms with Crippen LogP contribution in [-0.4, -0.2) is 22.6 Å². The maximum Gasteiger partial charge on any atom is 0.432 e. The molecular weight excluding hydrogens is 292 g/mol. The predicted octanol–water partition coefficient (Wildman–Crippen LogP) is 3.49. The molecule has 0 atom stereocenters. The van der Waals surface area contributed by atoms with Gasteiger partial charge in [0.15, 0.2) is 0 Å². The Hall–Kier alpha value is -2.66. The third-order valence-corrected chi connectivity index (χ3v) is 3.02. The summed E-state index contributed by atoms with van der Waals surface area (Å²) in [4.78, 5) is 23.6. The molecule has 0 aliphatic carbocycles. The van der Waals surface area contributed by atoms with Crippen molar-refractivity contribution in [1.82, 2.24) is 5.01 Å². The molecule has 0 bridgehead atoms. The number of nitrogens with two attached hydrogens (primary N) is 1. The minimum atomic E-state index is -0.884. The number of rotatable bonds is 2. The summed E-state index contributed by atoms with van der Waals surface area (Å²) in [5, 5.41) is 2.65. The summed E-state index contributed by atoms with van der Waals surface area (Å²) in [5.41, 5.74) is 0.131. The van der Waals surface area contributed by atoms with E-state index in [9.17, 15) is 9.59 Å². The minimum absolute atomic E-state index is 0.461. The van der Waals surface area contributed by atoms with E-state index >= 15 is 0 Å². The summed E-state index contributed by atoms with van der Waals surface area (Å²) in [5.74, 6) is 4.83. The van der Waals surface area contributed by atoms with Gasteiger partial charge in [-0.15, -0.1) is 0 Å². The Morgan fingerprint density at radius 2 is 1.74 bits per heavy atom. The summed E-state index contributed by atoms with van der Waals surface area (Å²) >= 11 is 0. The zero-order valence-electron chi connectivity index (χ0n) is 13.4. The summed E-state index contributed by atoms with van der Waals surface area (Å²) in [6.07, 6.45) is 1.97. The standard InChI is InChI=1S/C18H20N2O3/c1-18(2,3)23-17(22)20(19)16(21)11-9-13-8-10-14-6-4-5-7-15(14)12-13/h4-12H,19H2,1-3H3. The third-order valence-electron chi connectivity index (χ3n) is 3.02. The van der Waals surface area contributed by atoms with Crippen molar-refractivity contribution in [2.45, 2.75) is 26.4 Å². The summed E-state index contributed by atoms with van der Waals surface area (Å²) in [6, 6.07) is 13.7. The molecular formula is C18H20N2O3. The fourth-order valence-corrected chi connectivity index (χ4v) is 1.96. The molecule has 0 saturated carbocycles. The van der Waals surface area contributed by atoms with Gasteiger partial charge in [0.2, 0.25) is 0 Å². The van der Waals surface area contributed by atoms with Gasteiger partial charge < -0.3 is 4.74 Å². The van der Waals surface area contributed by atoms with Crippen LogP contribution in [0.4, 0.5) is 4.79 Å². The molecule has 5 heteroatoms. The molecule has 0 aliphatic heterocycles. The molecule has 23 heavy (non-hydrogen) atoms. The van der Waals surface area contributed by atoms with Gasteiger partial charge in [-0.05, 0) is 49.2 Å². The number of imide groups is 1. The van der Waals surface area contributed by atoms with E-state index in [1.165, 1.54) is 6.08 Å². The first-order valence-electron chi connectivity index (χ1n) is 7.25. The highest BCUT2D eigenvalue weighted by Gasteiger charge is 2.23. The molecule has 2 rings (SSSR count). The number of carbonyl (C=O) groups is 2. The topological polar surface area (TPSA) is 72.6 Å². The smallest absolute Gasteiger partial charge is 0.432 e. The van der Waals surface area contributed by atoms with Gasteiger partial charge in [0.05, 0.1) is 0 Å². The molecule has 2 aromatic carbocycles. The molecule has 5 nitrogen and oxygen atoms in total. The largest absolute Gasteiger partial charge is 0.442 e. The molecule has 0 saturated heterocycles. The van der Waals surface area contributed by atoms with Crippen LogP contribution in [0.5, 0.6) is 0 Å². The van der Waals surface area contributed by atoms with Gasteiger partial charge >= 0.3 is 6.09 Å². The van der Waals surface area contributed by atoms with Gasteiger partial charge in [-0.25, -0.2) is 10.6 Å². The number of hydrogen-bond donors (Lipinski definition) is 1. The maximum absolute atomic E-state index is 11.9. The minimum Gasteiger partial charge on any atom is -0.442 e. The fourth-order valence-electron chi connectivity index (χ4n) is 1.96. The van der Waals surface area contributed by atoms with Crippen LogP contribution >= 0.6 is 0 Å². The lowest BCUT2D eigenvalue weighted by molar-refractivity contribution is -0.125. The Bertz CT molecular complexity index is 760. The van der Waals surface area contributed by atoms with E-state index in [4.69, 9.17) is 10.6 Å². The Labute approximate surface area is 135 Å². The molecule has 2 amide bonds. The van der Waals surface area contributed by atoms with E-state index in [1.54, 1.807) is 26.8 Å². The quantitative estimate of drug-likeness (QED) is 0.399. The van der Waals surface area contributed by atoms with Gasteiger partial charge in [0.25, 0.3) is 5.91 Å². The van der Waals surface area contributed by atoms with Gasteiger partial charge in [-0.3, -0.25) is 4.79 Å². The second kappa shape index (κ2) is 6.62. The van der Waals surface area contributed by atoms with E-state index in [0.29, 0.717) is 5.01 Å². The van der Waals surface area contributed by atoms with Gasteiger partial charge in [-0.1, -0.05) is 36.4 Å². The Balaban J connectivity index is 2.08. The second-order valence-electron chi connectivity index (χ2n) is 6.13. The number of fused-ring (bicyclic) bond motifs is 1. The van der Waals surface area contributed by atoms with E-state index < -0.39 is 17.6 Å². The number of ether oxygens (including phenoxy) is 1. The van der Waals surface area contributed by atoms with Crippen LogP contribution < -0.4 is 5.84 Å². The lowest BCUT2D eigenvalue weighted by atomic mass is 10.1. The molecule has 0 aliphatic rings. The van der Waals surface area contributed by atoms with Crippen LogP contribution in [0.15, 0.2) is 48.5 Å². The molecule has 0 aromatic heterocycles. The molecule has 120 valence electrons. The van der Waals surface area contributed by atoms with Gasteiger partial charge in [0, 0.05) is 6.08 Å². The first-order valence-corrected chi connectivity index (χ1v) is 7.25. The molecule has 0 fully saturated rings. The fraction of sp³-hybridized carbons (Fsp3) is 0.222. The number of amides is 2. The highest BCUT2D eigenvalue weighted by atomic mass is 16.6. The van der Waals surface area contributed by atoms with Crippen molar-refractivity contribution in [2.24, 2.45) is 5.84 Å².